The minimum Gasteiger partial charge on any atom is -0.305 e. The van der Waals surface area contributed by atoms with Crippen LogP contribution in [0.1, 0.15) is 18.4 Å². The van der Waals surface area contributed by atoms with Crippen molar-refractivity contribution in [2.75, 3.05) is 27.2 Å². The van der Waals surface area contributed by atoms with Gasteiger partial charge in [0.15, 0.2) is 0 Å². The summed E-state index contributed by atoms with van der Waals surface area (Å²) in [5.74, 6) is 0. The molecule has 1 unspecified atom stereocenters. The molecule has 5 heteroatoms. The van der Waals surface area contributed by atoms with Crippen LogP contribution in [0.2, 0.25) is 10.3 Å². The number of halogens is 2. The number of hydrogen-bond acceptors (Lipinski definition) is 3. The number of pyridine rings is 1. The molecule has 0 bridgehead atoms. The van der Waals surface area contributed by atoms with Crippen LogP contribution in [0.3, 0.4) is 0 Å². The van der Waals surface area contributed by atoms with Crippen molar-refractivity contribution in [2.24, 2.45) is 0 Å². The molecule has 0 amide bonds. The lowest BCUT2D eigenvalue weighted by molar-refractivity contribution is 0.129. The van der Waals surface area contributed by atoms with Gasteiger partial charge < -0.3 is 4.90 Å². The van der Waals surface area contributed by atoms with Gasteiger partial charge in [0.05, 0.1) is 0 Å². The Bertz CT molecular complexity index is 411. The highest BCUT2D eigenvalue weighted by Gasteiger charge is 2.21. The molecule has 1 atom stereocenters. The lowest BCUT2D eigenvalue weighted by atomic mass is 10.0. The van der Waals surface area contributed by atoms with E-state index in [1.54, 1.807) is 6.07 Å². The predicted molar refractivity (Wildman–Crippen MR) is 76.2 cm³/mol. The van der Waals surface area contributed by atoms with Crippen molar-refractivity contribution in [3.05, 3.63) is 28.0 Å². The van der Waals surface area contributed by atoms with Crippen molar-refractivity contribution < 1.29 is 0 Å². The molecule has 1 aliphatic heterocycles. The first kappa shape index (κ1) is 14.1. The molecule has 100 valence electrons. The van der Waals surface area contributed by atoms with E-state index >= 15 is 0 Å². The molecule has 1 saturated heterocycles. The molecule has 2 rings (SSSR count). The smallest absolute Gasteiger partial charge is 0.135 e. The summed E-state index contributed by atoms with van der Waals surface area (Å²) in [6.45, 7) is 3.14. The van der Waals surface area contributed by atoms with E-state index in [1.807, 2.05) is 6.07 Å². The van der Waals surface area contributed by atoms with Crippen molar-refractivity contribution in [3.63, 3.8) is 0 Å². The standard InChI is InChI=1S/C13H19Cl2N3/c1-17-7-3-4-11(9-17)18(2)8-10-5-6-12(14)16-13(10)15/h5-6,11H,3-4,7-9H2,1-2H3. The quantitative estimate of drug-likeness (QED) is 0.797. The predicted octanol–water partition coefficient (Wildman–Crippen LogP) is 2.91. The van der Waals surface area contributed by atoms with Crippen LogP contribution >= 0.6 is 23.2 Å². The van der Waals surface area contributed by atoms with E-state index < -0.39 is 0 Å². The van der Waals surface area contributed by atoms with E-state index in [0.29, 0.717) is 16.3 Å². The van der Waals surface area contributed by atoms with Crippen LogP contribution in [0.15, 0.2) is 12.1 Å². The van der Waals surface area contributed by atoms with Crippen molar-refractivity contribution >= 4 is 23.2 Å². The van der Waals surface area contributed by atoms with Crippen LogP contribution in [0.4, 0.5) is 0 Å². The Morgan fingerprint density at radius 1 is 1.44 bits per heavy atom. The minimum atomic E-state index is 0.448. The fourth-order valence-corrected chi connectivity index (χ4v) is 2.86. The summed E-state index contributed by atoms with van der Waals surface area (Å²) in [6.07, 6.45) is 2.51. The van der Waals surface area contributed by atoms with Gasteiger partial charge in [-0.05, 0) is 39.5 Å². The number of likely N-dealkylation sites (tertiary alicyclic amines) is 1. The van der Waals surface area contributed by atoms with E-state index in [0.717, 1.165) is 18.7 Å². The van der Waals surface area contributed by atoms with Gasteiger partial charge in [0.25, 0.3) is 0 Å². The van der Waals surface area contributed by atoms with Gasteiger partial charge in [-0.3, -0.25) is 4.90 Å². The molecule has 3 nitrogen and oxygen atoms in total. The van der Waals surface area contributed by atoms with Crippen LogP contribution in [0.5, 0.6) is 0 Å². The first-order valence-electron chi connectivity index (χ1n) is 6.26. The molecule has 0 spiro atoms. The molecule has 2 heterocycles. The number of nitrogens with zero attached hydrogens (tertiary/aromatic N) is 3. The number of hydrogen-bond donors (Lipinski definition) is 0. The first-order chi connectivity index (χ1) is 8.56. The normalized spacial score (nSPS) is 21.5. The van der Waals surface area contributed by atoms with Crippen LogP contribution in [0.25, 0.3) is 0 Å². The fraction of sp³-hybridized carbons (Fsp3) is 0.615. The topological polar surface area (TPSA) is 19.4 Å². The Hall–Kier alpha value is -0.350. The van der Waals surface area contributed by atoms with Crippen LogP contribution < -0.4 is 0 Å². The summed E-state index contributed by atoms with van der Waals surface area (Å²) in [5, 5.41) is 0.960. The number of likely N-dealkylation sites (N-methyl/N-ethyl adjacent to an activating group) is 2. The summed E-state index contributed by atoms with van der Waals surface area (Å²) < 4.78 is 0. The Morgan fingerprint density at radius 3 is 2.89 bits per heavy atom. The zero-order valence-electron chi connectivity index (χ0n) is 10.9. The average molecular weight is 288 g/mol. The first-order valence-corrected chi connectivity index (χ1v) is 7.01. The molecule has 0 N–H and O–H groups in total. The zero-order chi connectivity index (χ0) is 13.1. The molecule has 0 radical (unpaired) electrons. The third-order valence-electron chi connectivity index (χ3n) is 3.53. The number of piperidine rings is 1. The summed E-state index contributed by atoms with van der Waals surface area (Å²) >= 11 is 11.9. The Kier molecular flexibility index (Phi) is 4.84. The van der Waals surface area contributed by atoms with E-state index in [1.165, 1.54) is 19.4 Å². The maximum atomic E-state index is 6.11. The molecular weight excluding hydrogens is 269 g/mol. The lowest BCUT2D eigenvalue weighted by Gasteiger charge is -2.35. The number of rotatable bonds is 3. The third-order valence-corrected chi connectivity index (χ3v) is 4.07. The van der Waals surface area contributed by atoms with Gasteiger partial charge in [-0.2, -0.15) is 0 Å². The van der Waals surface area contributed by atoms with Crippen molar-refractivity contribution in [3.8, 4) is 0 Å². The van der Waals surface area contributed by atoms with Gasteiger partial charge >= 0.3 is 0 Å². The van der Waals surface area contributed by atoms with Crippen LogP contribution in [-0.2, 0) is 6.54 Å². The van der Waals surface area contributed by atoms with Gasteiger partial charge in [-0.15, -0.1) is 0 Å². The summed E-state index contributed by atoms with van der Waals surface area (Å²) in [6, 6.07) is 4.35. The molecule has 1 aromatic rings. The summed E-state index contributed by atoms with van der Waals surface area (Å²) in [5.41, 5.74) is 1.04. The third kappa shape index (κ3) is 3.58. The Morgan fingerprint density at radius 2 is 2.22 bits per heavy atom. The van der Waals surface area contributed by atoms with Crippen molar-refractivity contribution in [2.45, 2.75) is 25.4 Å². The van der Waals surface area contributed by atoms with E-state index in [9.17, 15) is 0 Å². The second-order valence-corrected chi connectivity index (χ2v) is 5.80. The highest BCUT2D eigenvalue weighted by molar-refractivity contribution is 6.32. The molecule has 0 aliphatic carbocycles. The van der Waals surface area contributed by atoms with E-state index in [2.05, 4.69) is 28.9 Å². The fourth-order valence-electron chi connectivity index (χ4n) is 2.46. The Labute approximate surface area is 119 Å². The Balaban J connectivity index is 1.99. The van der Waals surface area contributed by atoms with Gasteiger partial charge in [0, 0.05) is 24.7 Å². The zero-order valence-corrected chi connectivity index (χ0v) is 12.4. The summed E-state index contributed by atoms with van der Waals surface area (Å²) in [7, 11) is 4.32. The molecule has 1 aliphatic rings. The lowest BCUT2D eigenvalue weighted by Crippen LogP contribution is -2.44. The minimum absolute atomic E-state index is 0.448. The second-order valence-electron chi connectivity index (χ2n) is 5.06. The number of aromatic nitrogens is 1. The monoisotopic (exact) mass is 287 g/mol. The van der Waals surface area contributed by atoms with Gasteiger partial charge in [0.1, 0.15) is 10.3 Å². The van der Waals surface area contributed by atoms with Gasteiger partial charge in [0.2, 0.25) is 0 Å². The molecule has 0 aromatic carbocycles. The molecule has 0 saturated carbocycles. The summed E-state index contributed by atoms with van der Waals surface area (Å²) in [4.78, 5) is 8.82. The highest BCUT2D eigenvalue weighted by Crippen LogP contribution is 2.21. The van der Waals surface area contributed by atoms with Crippen molar-refractivity contribution in [1.29, 1.82) is 0 Å². The SMILES string of the molecule is CN1CCCC(N(C)Cc2ccc(Cl)nc2Cl)C1. The average Bonchev–Trinajstić information content (AvgIpc) is 2.32. The molecular formula is C13H19Cl2N3. The molecule has 1 aromatic heterocycles. The second kappa shape index (κ2) is 6.20. The maximum Gasteiger partial charge on any atom is 0.135 e. The largest absolute Gasteiger partial charge is 0.305 e. The van der Waals surface area contributed by atoms with Crippen molar-refractivity contribution in [1.82, 2.24) is 14.8 Å². The maximum absolute atomic E-state index is 6.11. The van der Waals surface area contributed by atoms with Gasteiger partial charge in [-0.25, -0.2) is 4.98 Å². The van der Waals surface area contributed by atoms with Crippen LogP contribution in [0, 0.1) is 0 Å². The molecule has 18 heavy (non-hydrogen) atoms. The van der Waals surface area contributed by atoms with Crippen LogP contribution in [-0.4, -0.2) is 48.0 Å². The van der Waals surface area contributed by atoms with Gasteiger partial charge in [-0.1, -0.05) is 29.3 Å². The van der Waals surface area contributed by atoms with E-state index in [4.69, 9.17) is 23.2 Å². The van der Waals surface area contributed by atoms with E-state index in [-0.39, 0.29) is 0 Å². The molecule has 1 fully saturated rings. The highest BCUT2D eigenvalue weighted by atomic mass is 35.5.